The molecule has 0 saturated carbocycles. The number of anilines is 2. The van der Waals surface area contributed by atoms with Gasteiger partial charge < -0.3 is 34.3 Å². The Morgan fingerprint density at radius 1 is 1.02 bits per heavy atom. The quantitative estimate of drug-likeness (QED) is 0.198. The van der Waals surface area contributed by atoms with Crippen LogP contribution in [0.2, 0.25) is 10.0 Å². The molecule has 2 atom stereocenters. The Bertz CT molecular complexity index is 1540. The minimum Gasteiger partial charge on any atom is -0.491 e. The van der Waals surface area contributed by atoms with Crippen LogP contribution in [0.4, 0.5) is 11.4 Å². The average Bonchev–Trinajstić information content (AvgIpc) is 3.72. The van der Waals surface area contributed by atoms with E-state index in [0.29, 0.717) is 40.5 Å². The highest BCUT2D eigenvalue weighted by atomic mass is 35.5. The third-order valence-corrected chi connectivity index (χ3v) is 8.70. The number of aromatic nitrogens is 2. The predicted octanol–water partition coefficient (Wildman–Crippen LogP) is 5.65. The topological polar surface area (TPSA) is 76.0 Å². The van der Waals surface area contributed by atoms with E-state index in [-0.39, 0.29) is 6.10 Å². The first-order valence-electron chi connectivity index (χ1n) is 15.0. The van der Waals surface area contributed by atoms with Gasteiger partial charge in [-0.3, -0.25) is 4.90 Å². The van der Waals surface area contributed by atoms with Gasteiger partial charge in [0.05, 0.1) is 24.5 Å². The average molecular weight is 668 g/mol. The Balaban J connectivity index is 0.955. The van der Waals surface area contributed by atoms with Crippen LogP contribution < -0.4 is 20.3 Å². The van der Waals surface area contributed by atoms with Crippen molar-refractivity contribution >= 4 is 51.9 Å². The molecule has 0 bridgehead atoms. The second-order valence-electron chi connectivity index (χ2n) is 11.0. The monoisotopic (exact) mass is 666 g/mol. The molecule has 2 aliphatic rings. The van der Waals surface area contributed by atoms with Crippen LogP contribution in [0.25, 0.3) is 0 Å². The van der Waals surface area contributed by atoms with E-state index in [1.807, 2.05) is 59.3 Å². The van der Waals surface area contributed by atoms with Gasteiger partial charge in [-0.05, 0) is 60.7 Å². The fourth-order valence-electron chi connectivity index (χ4n) is 5.57. The molecule has 2 unspecified atom stereocenters. The third-order valence-electron chi connectivity index (χ3n) is 7.91. The molecule has 0 radical (unpaired) electrons. The van der Waals surface area contributed by atoms with Crippen molar-refractivity contribution in [2.45, 2.75) is 18.4 Å². The van der Waals surface area contributed by atoms with Crippen molar-refractivity contribution in [3.05, 3.63) is 107 Å². The van der Waals surface area contributed by atoms with E-state index in [1.165, 1.54) is 5.69 Å². The normalized spacial score (nSPS) is 20.2. The fourth-order valence-corrected chi connectivity index (χ4v) is 6.34. The smallest absolute Gasteiger partial charge is 0.215 e. The molecule has 12 heteroatoms. The Labute approximate surface area is 279 Å². The third kappa shape index (κ3) is 8.26. The number of benzene rings is 3. The highest BCUT2D eigenvalue weighted by Gasteiger charge is 2.45. The minimum atomic E-state index is -1.08. The first-order chi connectivity index (χ1) is 22.0. The van der Waals surface area contributed by atoms with E-state index in [4.69, 9.17) is 49.6 Å². The summed E-state index contributed by atoms with van der Waals surface area (Å²) in [5, 5.41) is 8.21. The van der Waals surface area contributed by atoms with Gasteiger partial charge in [-0.25, -0.2) is 4.98 Å². The van der Waals surface area contributed by atoms with Gasteiger partial charge in [0, 0.05) is 73.6 Å². The number of nitrogens with one attached hydrogen (secondary N) is 2. The Morgan fingerprint density at radius 3 is 2.56 bits per heavy atom. The zero-order valence-electron chi connectivity index (χ0n) is 24.8. The van der Waals surface area contributed by atoms with Crippen molar-refractivity contribution < 1.29 is 14.2 Å². The summed E-state index contributed by atoms with van der Waals surface area (Å²) in [5.74, 6) is -0.299. The van der Waals surface area contributed by atoms with E-state index in [2.05, 4.69) is 37.6 Å². The van der Waals surface area contributed by atoms with E-state index in [9.17, 15) is 0 Å². The van der Waals surface area contributed by atoms with Gasteiger partial charge in [0.15, 0.2) is 5.11 Å². The zero-order valence-corrected chi connectivity index (χ0v) is 27.1. The predicted molar refractivity (Wildman–Crippen MR) is 182 cm³/mol. The van der Waals surface area contributed by atoms with Crippen molar-refractivity contribution in [3.63, 3.8) is 0 Å². The van der Waals surface area contributed by atoms with Crippen LogP contribution in [-0.4, -0.2) is 78.1 Å². The van der Waals surface area contributed by atoms with E-state index >= 15 is 0 Å². The summed E-state index contributed by atoms with van der Waals surface area (Å²) in [6.07, 6.45) is 5.02. The van der Waals surface area contributed by atoms with Crippen molar-refractivity contribution in [2.24, 2.45) is 0 Å². The molecule has 0 aliphatic carbocycles. The highest BCUT2D eigenvalue weighted by Crippen LogP contribution is 2.40. The van der Waals surface area contributed by atoms with E-state index < -0.39 is 5.79 Å². The lowest BCUT2D eigenvalue weighted by molar-refractivity contribution is -0.189. The second kappa shape index (κ2) is 14.8. The van der Waals surface area contributed by atoms with Gasteiger partial charge in [-0.15, -0.1) is 0 Å². The summed E-state index contributed by atoms with van der Waals surface area (Å²) in [7, 11) is 0. The number of piperazine rings is 1. The molecule has 45 heavy (non-hydrogen) atoms. The number of para-hydroxylation sites is 1. The lowest BCUT2D eigenvalue weighted by Gasteiger charge is -2.36. The largest absolute Gasteiger partial charge is 0.491 e. The Kier molecular flexibility index (Phi) is 10.4. The summed E-state index contributed by atoms with van der Waals surface area (Å²) >= 11 is 18.2. The molecule has 0 amide bonds. The van der Waals surface area contributed by atoms with Gasteiger partial charge in [0.25, 0.3) is 0 Å². The van der Waals surface area contributed by atoms with Crippen LogP contribution in [0.1, 0.15) is 5.56 Å². The molecule has 4 aromatic rings. The number of halogens is 2. The second-order valence-corrected chi connectivity index (χ2v) is 12.3. The summed E-state index contributed by atoms with van der Waals surface area (Å²) in [4.78, 5) is 9.02. The van der Waals surface area contributed by atoms with Gasteiger partial charge in [0.1, 0.15) is 18.5 Å². The summed E-state index contributed by atoms with van der Waals surface area (Å²) in [6.45, 7) is 6.76. The maximum absolute atomic E-state index is 6.59. The van der Waals surface area contributed by atoms with Crippen LogP contribution in [0.5, 0.6) is 5.75 Å². The molecular weight excluding hydrogens is 631 g/mol. The van der Waals surface area contributed by atoms with Crippen molar-refractivity contribution in [1.29, 1.82) is 0 Å². The lowest BCUT2D eigenvalue weighted by Crippen LogP contribution is -2.48. The van der Waals surface area contributed by atoms with E-state index in [1.54, 1.807) is 24.7 Å². The first kappa shape index (κ1) is 31.6. The number of rotatable bonds is 11. The Morgan fingerprint density at radius 2 is 1.82 bits per heavy atom. The van der Waals surface area contributed by atoms with Crippen LogP contribution in [-0.2, 0) is 21.8 Å². The molecule has 2 fully saturated rings. The highest BCUT2D eigenvalue weighted by molar-refractivity contribution is 7.80. The number of imidazole rings is 1. The van der Waals surface area contributed by atoms with E-state index in [0.717, 1.165) is 50.7 Å². The molecule has 9 nitrogen and oxygen atoms in total. The van der Waals surface area contributed by atoms with Gasteiger partial charge in [0.2, 0.25) is 5.79 Å². The standard InChI is InChI=1S/C33H36Cl2N6O3S/c34-25-6-11-30(31(35)20-25)33(23-40-14-12-36-24-40)43-22-29(44-33)21-42-28-9-7-27(8-10-28)41-18-16-39(17-19-41)15-13-37-32(45)38-26-4-2-1-3-5-26/h1-12,14,20,24,29H,13,15-19,21-23H2,(H2,37,38,45). The van der Waals surface area contributed by atoms with Crippen LogP contribution >= 0.6 is 35.4 Å². The molecule has 236 valence electrons. The summed E-state index contributed by atoms with van der Waals surface area (Å²) in [6, 6.07) is 23.5. The van der Waals surface area contributed by atoms with Crippen LogP contribution in [0.15, 0.2) is 91.5 Å². The minimum absolute atomic E-state index is 0.286. The summed E-state index contributed by atoms with van der Waals surface area (Å²) in [5.41, 5.74) is 2.89. The van der Waals surface area contributed by atoms with Crippen LogP contribution in [0.3, 0.4) is 0 Å². The fraction of sp³-hybridized carbons (Fsp3) is 0.333. The van der Waals surface area contributed by atoms with Crippen molar-refractivity contribution in [3.8, 4) is 5.75 Å². The lowest BCUT2D eigenvalue weighted by atomic mass is 10.1. The number of nitrogens with zero attached hydrogens (tertiary/aromatic N) is 4. The van der Waals surface area contributed by atoms with Gasteiger partial charge >= 0.3 is 0 Å². The molecule has 3 heterocycles. The number of thiocarbonyl (C=S) groups is 1. The molecule has 1 aromatic heterocycles. The van der Waals surface area contributed by atoms with Crippen molar-refractivity contribution in [1.82, 2.24) is 19.8 Å². The molecule has 2 aliphatic heterocycles. The SMILES string of the molecule is S=C(NCCN1CCN(c2ccc(OCC3COC(Cn4ccnc4)(c4ccc(Cl)cc4Cl)O3)cc2)CC1)Nc1ccccc1. The maximum Gasteiger partial charge on any atom is 0.215 e. The van der Waals surface area contributed by atoms with Gasteiger partial charge in [-0.1, -0.05) is 47.5 Å². The van der Waals surface area contributed by atoms with Gasteiger partial charge in [-0.2, -0.15) is 0 Å². The number of hydrogen-bond donors (Lipinski definition) is 2. The zero-order chi connectivity index (χ0) is 31.1. The Hall–Kier alpha value is -3.38. The molecule has 6 rings (SSSR count). The molecule has 2 saturated heterocycles. The first-order valence-corrected chi connectivity index (χ1v) is 16.2. The molecule has 3 aromatic carbocycles. The number of hydrogen-bond acceptors (Lipinski definition) is 7. The molecular formula is C33H36Cl2N6O3S. The van der Waals surface area contributed by atoms with Crippen LogP contribution in [0, 0.1) is 0 Å². The maximum atomic E-state index is 6.59. The van der Waals surface area contributed by atoms with Crippen molar-refractivity contribution in [2.75, 3.05) is 62.7 Å². The summed E-state index contributed by atoms with van der Waals surface area (Å²) < 4.78 is 20.8. The molecule has 2 N–H and O–H groups in total. The number of ether oxygens (including phenoxy) is 3. The molecule has 0 spiro atoms.